The molecule has 0 bridgehead atoms. The minimum Gasteiger partial charge on any atom is -0.482 e. The normalized spacial score (nSPS) is 20.1. The lowest BCUT2D eigenvalue weighted by molar-refractivity contribution is -0.120. The lowest BCUT2D eigenvalue weighted by Crippen LogP contribution is -2.43. The molecule has 7 heteroatoms. The molecule has 0 radical (unpaired) electrons. The van der Waals surface area contributed by atoms with Gasteiger partial charge in [-0.25, -0.2) is 0 Å². The summed E-state index contributed by atoms with van der Waals surface area (Å²) in [6.45, 7) is 12.2. The molecule has 5 rings (SSSR count). The number of allylic oxidation sites excluding steroid dienone is 4. The van der Waals surface area contributed by atoms with Gasteiger partial charge < -0.3 is 15.0 Å². The van der Waals surface area contributed by atoms with Crippen molar-refractivity contribution in [3.63, 3.8) is 0 Å². The predicted octanol–water partition coefficient (Wildman–Crippen LogP) is 7.29. The molecule has 2 aromatic rings. The molecular weight excluding hydrogens is 536 g/mol. The van der Waals surface area contributed by atoms with E-state index in [4.69, 9.17) is 16.3 Å². The number of aryl methyl sites for hydroxylation is 1. The van der Waals surface area contributed by atoms with Crippen LogP contribution in [0.2, 0.25) is 5.02 Å². The molecule has 1 amide bonds. The second-order valence-electron chi connectivity index (χ2n) is 13.4. The molecule has 0 aromatic heterocycles. The topological polar surface area (TPSA) is 75.7 Å². The Morgan fingerprint density at radius 1 is 0.951 bits per heavy atom. The minimum absolute atomic E-state index is 0.0804. The molecule has 1 heterocycles. The second kappa shape index (κ2) is 10.5. The third kappa shape index (κ3) is 5.59. The molecule has 2 aromatic carbocycles. The molecule has 216 valence electrons. The number of hydrogen-bond donors (Lipinski definition) is 1. The van der Waals surface area contributed by atoms with Crippen LogP contribution >= 0.6 is 11.6 Å². The number of ether oxygens (including phenoxy) is 1. The molecule has 6 nitrogen and oxygen atoms in total. The van der Waals surface area contributed by atoms with Crippen molar-refractivity contribution in [2.45, 2.75) is 73.1 Å². The molecule has 1 N–H and O–H groups in total. The molecule has 0 fully saturated rings. The summed E-state index contributed by atoms with van der Waals surface area (Å²) < 4.78 is 5.80. The van der Waals surface area contributed by atoms with E-state index in [0.717, 1.165) is 46.6 Å². The Kier molecular flexibility index (Phi) is 7.44. The third-order valence-corrected chi connectivity index (χ3v) is 9.00. The van der Waals surface area contributed by atoms with E-state index in [1.54, 1.807) is 12.1 Å². The summed E-state index contributed by atoms with van der Waals surface area (Å²) in [6, 6.07) is 11.1. The molecule has 3 aliphatic rings. The first-order valence-corrected chi connectivity index (χ1v) is 14.6. The van der Waals surface area contributed by atoms with Gasteiger partial charge in [-0.2, -0.15) is 0 Å². The summed E-state index contributed by atoms with van der Waals surface area (Å²) in [4.78, 5) is 42.1. The van der Waals surface area contributed by atoms with Gasteiger partial charge in [-0.05, 0) is 72.4 Å². The number of Topliss-reactive ketones (excluding diaryl/α,β-unsaturated/α-hetero) is 2. The van der Waals surface area contributed by atoms with Crippen molar-refractivity contribution in [3.05, 3.63) is 80.7 Å². The summed E-state index contributed by atoms with van der Waals surface area (Å²) >= 11 is 6.71. The van der Waals surface area contributed by atoms with Crippen molar-refractivity contribution < 1.29 is 19.1 Å². The fourth-order valence-corrected chi connectivity index (χ4v) is 6.77. The second-order valence-corrected chi connectivity index (χ2v) is 13.8. The van der Waals surface area contributed by atoms with Gasteiger partial charge in [0, 0.05) is 54.0 Å². The summed E-state index contributed by atoms with van der Waals surface area (Å²) in [6.07, 6.45) is 2.39. The number of anilines is 1. The zero-order valence-electron chi connectivity index (χ0n) is 25.0. The number of benzene rings is 2. The maximum atomic E-state index is 13.7. The number of ketones is 2. The summed E-state index contributed by atoms with van der Waals surface area (Å²) in [5.41, 5.74) is 6.72. The zero-order valence-corrected chi connectivity index (χ0v) is 25.8. The van der Waals surface area contributed by atoms with Gasteiger partial charge in [0.15, 0.2) is 18.2 Å². The van der Waals surface area contributed by atoms with E-state index in [2.05, 4.69) is 37.9 Å². The van der Waals surface area contributed by atoms with E-state index in [-0.39, 0.29) is 34.9 Å². The van der Waals surface area contributed by atoms with E-state index < -0.39 is 5.92 Å². The van der Waals surface area contributed by atoms with Crippen LogP contribution in [0.4, 0.5) is 5.69 Å². The quantitative estimate of drug-likeness (QED) is 0.406. The lowest BCUT2D eigenvalue weighted by atomic mass is 9.64. The zero-order chi connectivity index (χ0) is 29.9. The highest BCUT2D eigenvalue weighted by molar-refractivity contribution is 6.32. The van der Waals surface area contributed by atoms with Crippen LogP contribution < -0.4 is 10.1 Å². The minimum atomic E-state index is -0.470. The van der Waals surface area contributed by atoms with Gasteiger partial charge in [0.1, 0.15) is 5.75 Å². The van der Waals surface area contributed by atoms with E-state index >= 15 is 0 Å². The third-order valence-electron chi connectivity index (χ3n) is 8.71. The first kappa shape index (κ1) is 29.1. The van der Waals surface area contributed by atoms with Crippen molar-refractivity contribution in [1.29, 1.82) is 0 Å². The highest BCUT2D eigenvalue weighted by Gasteiger charge is 2.48. The van der Waals surface area contributed by atoms with Gasteiger partial charge in [-0.3, -0.25) is 14.4 Å². The number of nitrogens with one attached hydrogen (secondary N) is 1. The molecule has 0 saturated heterocycles. The molecule has 1 aliphatic heterocycles. The van der Waals surface area contributed by atoms with Gasteiger partial charge in [0.2, 0.25) is 0 Å². The molecule has 0 atom stereocenters. The van der Waals surface area contributed by atoms with Gasteiger partial charge in [-0.15, -0.1) is 0 Å². The Labute approximate surface area is 247 Å². The van der Waals surface area contributed by atoms with Crippen LogP contribution in [0.5, 0.6) is 5.75 Å². The lowest BCUT2D eigenvalue weighted by Gasteiger charge is -2.47. The molecule has 2 aliphatic carbocycles. The first-order chi connectivity index (χ1) is 19.2. The smallest absolute Gasteiger partial charge is 0.262 e. The highest BCUT2D eigenvalue weighted by atomic mass is 35.5. The number of halogens is 1. The molecule has 41 heavy (non-hydrogen) atoms. The average molecular weight is 575 g/mol. The summed E-state index contributed by atoms with van der Waals surface area (Å²) in [5.74, 6) is -0.226. The van der Waals surface area contributed by atoms with Crippen LogP contribution in [-0.4, -0.2) is 36.0 Å². The summed E-state index contributed by atoms with van der Waals surface area (Å²) in [7, 11) is 2.00. The number of nitrogens with zero attached hydrogens (tertiary/aromatic N) is 1. The van der Waals surface area contributed by atoms with Crippen molar-refractivity contribution >= 4 is 34.8 Å². The maximum absolute atomic E-state index is 13.7. The van der Waals surface area contributed by atoms with Gasteiger partial charge in [-0.1, -0.05) is 57.5 Å². The van der Waals surface area contributed by atoms with Gasteiger partial charge in [0.05, 0.1) is 5.02 Å². The maximum Gasteiger partial charge on any atom is 0.262 e. The van der Waals surface area contributed by atoms with Crippen molar-refractivity contribution in [1.82, 2.24) is 4.90 Å². The monoisotopic (exact) mass is 574 g/mol. The Morgan fingerprint density at radius 2 is 1.54 bits per heavy atom. The van der Waals surface area contributed by atoms with Crippen molar-refractivity contribution in [2.75, 3.05) is 19.0 Å². The fraction of sp³-hybridized carbons (Fsp3) is 0.441. The van der Waals surface area contributed by atoms with Crippen LogP contribution in [0.3, 0.4) is 0 Å². The van der Waals surface area contributed by atoms with E-state index in [9.17, 15) is 14.4 Å². The number of carbonyl (C=O) groups is 3. The SMILES string of the molecule is Cc1cccc(NC(=O)COc2ccc(C3C4=C(CC(C)(C)CC4=O)N(C)C4=C3C(=O)CC(C)(C)C4)cc2Cl)c1C. The molecular formula is C34H39ClN2O4. The molecule has 0 saturated carbocycles. The van der Waals surface area contributed by atoms with Crippen LogP contribution in [0.15, 0.2) is 58.9 Å². The van der Waals surface area contributed by atoms with Crippen LogP contribution in [0.25, 0.3) is 0 Å². The predicted molar refractivity (Wildman–Crippen MR) is 162 cm³/mol. The number of carbonyl (C=O) groups excluding carboxylic acids is 3. The van der Waals surface area contributed by atoms with Gasteiger partial charge in [0.25, 0.3) is 5.91 Å². The fourth-order valence-electron chi connectivity index (χ4n) is 6.53. The molecule has 0 unspecified atom stereocenters. The van der Waals surface area contributed by atoms with E-state index in [1.807, 2.05) is 45.2 Å². The highest BCUT2D eigenvalue weighted by Crippen LogP contribution is 2.54. The standard InChI is InChI=1S/C34H39ClN2O4/c1-19-9-8-10-23(20(19)2)36-29(40)18-41-28-12-11-21(13-22(28)35)30-31-24(14-33(3,4)16-26(31)38)37(7)25-15-34(5,6)17-27(39)32(25)30/h8-13,30H,14-18H2,1-7H3,(H,36,40). The van der Waals surface area contributed by atoms with Crippen molar-refractivity contribution in [2.24, 2.45) is 10.8 Å². The molecule has 0 spiro atoms. The largest absolute Gasteiger partial charge is 0.482 e. The summed E-state index contributed by atoms with van der Waals surface area (Å²) in [5, 5.41) is 3.23. The Bertz CT molecular complexity index is 1480. The first-order valence-electron chi connectivity index (χ1n) is 14.2. The average Bonchev–Trinajstić information content (AvgIpc) is 2.86. The Hall–Kier alpha value is -3.38. The van der Waals surface area contributed by atoms with E-state index in [0.29, 0.717) is 34.8 Å². The van der Waals surface area contributed by atoms with E-state index in [1.165, 1.54) is 0 Å². The van der Waals surface area contributed by atoms with Crippen LogP contribution in [-0.2, 0) is 14.4 Å². The Morgan fingerprint density at radius 3 is 2.10 bits per heavy atom. The Balaban J connectivity index is 1.46. The number of amides is 1. The van der Waals surface area contributed by atoms with Crippen LogP contribution in [0.1, 0.15) is 76.0 Å². The van der Waals surface area contributed by atoms with Gasteiger partial charge >= 0.3 is 0 Å². The number of rotatable bonds is 5. The van der Waals surface area contributed by atoms with Crippen molar-refractivity contribution in [3.8, 4) is 5.75 Å². The number of hydrogen-bond acceptors (Lipinski definition) is 5. The van der Waals surface area contributed by atoms with Crippen LogP contribution in [0, 0.1) is 24.7 Å².